The lowest BCUT2D eigenvalue weighted by molar-refractivity contribution is -0.146. The second-order valence-corrected chi connectivity index (χ2v) is 5.85. The van der Waals surface area contributed by atoms with Crippen molar-refractivity contribution in [1.29, 1.82) is 0 Å². The molecule has 6 nitrogen and oxygen atoms in total. The van der Waals surface area contributed by atoms with E-state index >= 15 is 0 Å². The number of nitrogens with two attached hydrogens (primary N) is 1. The molecule has 2 aliphatic rings. The van der Waals surface area contributed by atoms with Gasteiger partial charge in [-0.15, -0.1) is 0 Å². The van der Waals surface area contributed by atoms with E-state index < -0.39 is 11.9 Å². The maximum absolute atomic E-state index is 12.4. The molecule has 0 unspecified atom stereocenters. The van der Waals surface area contributed by atoms with Crippen LogP contribution < -0.4 is 5.73 Å². The van der Waals surface area contributed by atoms with Crippen molar-refractivity contribution < 1.29 is 27.4 Å². The number of carbonyl (C=O) groups is 1. The van der Waals surface area contributed by atoms with Crippen molar-refractivity contribution in [3.05, 3.63) is 11.8 Å². The monoisotopic (exact) mass is 349 g/mol. The number of allylic oxidation sites excluding steroid dienone is 1. The molecule has 136 valence electrons. The number of hydrogen-bond acceptors (Lipinski definition) is 5. The highest BCUT2D eigenvalue weighted by molar-refractivity contribution is 5.88. The number of alkyl halides is 3. The van der Waals surface area contributed by atoms with Crippen molar-refractivity contribution in [2.45, 2.75) is 19.0 Å². The second kappa shape index (κ2) is 7.87. The Morgan fingerprint density at radius 1 is 1.38 bits per heavy atom. The molecule has 1 saturated heterocycles. The Hall–Kier alpha value is -1.77. The van der Waals surface area contributed by atoms with Gasteiger partial charge in [-0.2, -0.15) is 13.2 Å². The molecule has 2 atom stereocenters. The highest BCUT2D eigenvalue weighted by Crippen LogP contribution is 2.36. The summed E-state index contributed by atoms with van der Waals surface area (Å²) < 4.78 is 47.8. The molecule has 1 heterocycles. The third-order valence-electron chi connectivity index (χ3n) is 4.33. The lowest BCUT2D eigenvalue weighted by atomic mass is 9.73. The zero-order valence-electron chi connectivity index (χ0n) is 13.5. The molecule has 9 heteroatoms. The molecule has 0 aromatic rings. The number of nitrogens with zero attached hydrogens (tertiary/aromatic N) is 2. The predicted molar refractivity (Wildman–Crippen MR) is 81.2 cm³/mol. The molecule has 24 heavy (non-hydrogen) atoms. The molecule has 0 aromatic heterocycles. The molecule has 0 radical (unpaired) electrons. The number of carbonyl (C=O) groups excluding carboxylic acids is 1. The minimum absolute atomic E-state index is 0.0161. The van der Waals surface area contributed by atoms with Gasteiger partial charge in [-0.1, -0.05) is 0 Å². The van der Waals surface area contributed by atoms with Crippen LogP contribution in [0.3, 0.4) is 0 Å². The summed E-state index contributed by atoms with van der Waals surface area (Å²) in [6.07, 6.45) is -2.39. The van der Waals surface area contributed by atoms with Crippen LogP contribution in [0.2, 0.25) is 0 Å². The van der Waals surface area contributed by atoms with Gasteiger partial charge in [0, 0.05) is 38.0 Å². The maximum Gasteiger partial charge on any atom is 0.430 e. The first kappa shape index (κ1) is 18.6. The van der Waals surface area contributed by atoms with E-state index in [9.17, 15) is 18.0 Å². The third kappa shape index (κ3) is 4.62. The van der Waals surface area contributed by atoms with E-state index in [1.807, 2.05) is 0 Å². The number of morpholine rings is 1. The van der Waals surface area contributed by atoms with Gasteiger partial charge in [0.15, 0.2) is 0 Å². The molecular formula is C15H22F3N3O3. The predicted octanol–water partition coefficient (Wildman–Crippen LogP) is 1.32. The van der Waals surface area contributed by atoms with Crippen LogP contribution in [-0.2, 0) is 14.3 Å². The first-order valence-corrected chi connectivity index (χ1v) is 7.83. The van der Waals surface area contributed by atoms with Crippen LogP contribution in [0.25, 0.3) is 0 Å². The Labute approximate surface area is 138 Å². The van der Waals surface area contributed by atoms with Gasteiger partial charge in [-0.05, 0) is 12.8 Å². The Bertz CT molecular complexity index is 514. The van der Waals surface area contributed by atoms with Crippen LogP contribution in [0.5, 0.6) is 0 Å². The van der Waals surface area contributed by atoms with Crippen molar-refractivity contribution in [1.82, 2.24) is 4.90 Å². The number of rotatable bonds is 4. The number of ether oxygens (including phenoxy) is 2. The molecule has 2 rings (SSSR count). The maximum atomic E-state index is 12.4. The van der Waals surface area contributed by atoms with Crippen molar-refractivity contribution in [2.75, 3.05) is 40.0 Å². The van der Waals surface area contributed by atoms with Gasteiger partial charge < -0.3 is 20.1 Å². The Kier molecular flexibility index (Phi) is 6.09. The van der Waals surface area contributed by atoms with Crippen molar-refractivity contribution in [2.24, 2.45) is 22.6 Å². The van der Waals surface area contributed by atoms with E-state index in [0.29, 0.717) is 32.4 Å². The van der Waals surface area contributed by atoms with Gasteiger partial charge in [0.2, 0.25) is 11.8 Å². The lowest BCUT2D eigenvalue weighted by Gasteiger charge is -2.39. The molecule has 1 amide bonds. The van der Waals surface area contributed by atoms with Crippen molar-refractivity contribution in [3.8, 4) is 0 Å². The molecule has 0 bridgehead atoms. The molecule has 2 fully saturated rings. The first-order valence-electron chi connectivity index (χ1n) is 7.83. The van der Waals surface area contributed by atoms with E-state index in [2.05, 4.69) is 4.99 Å². The molecule has 0 spiro atoms. The largest absolute Gasteiger partial charge is 0.478 e. The molecular weight excluding hydrogens is 327 g/mol. The molecule has 1 aliphatic heterocycles. The van der Waals surface area contributed by atoms with E-state index in [1.165, 1.54) is 7.05 Å². The lowest BCUT2D eigenvalue weighted by Crippen LogP contribution is -2.49. The van der Waals surface area contributed by atoms with Gasteiger partial charge >= 0.3 is 6.18 Å². The summed E-state index contributed by atoms with van der Waals surface area (Å²) in [5.74, 6) is -0.282. The SMILES string of the molecule is CN=C(C=C(N)C(F)(F)F)OC[C@@H]1CC[C@@H]1C(=O)N1CCOCC1. The van der Waals surface area contributed by atoms with Crippen LogP contribution in [0, 0.1) is 11.8 Å². The summed E-state index contributed by atoms with van der Waals surface area (Å²) in [5, 5.41) is 0. The van der Waals surface area contributed by atoms with E-state index in [-0.39, 0.29) is 30.2 Å². The Morgan fingerprint density at radius 3 is 2.54 bits per heavy atom. The summed E-state index contributed by atoms with van der Waals surface area (Å²) in [5.41, 5.74) is 3.69. The van der Waals surface area contributed by atoms with Crippen LogP contribution >= 0.6 is 0 Å². The zero-order valence-corrected chi connectivity index (χ0v) is 13.5. The average Bonchev–Trinajstić information content (AvgIpc) is 2.52. The van der Waals surface area contributed by atoms with Crippen LogP contribution in [0.1, 0.15) is 12.8 Å². The van der Waals surface area contributed by atoms with Crippen LogP contribution in [0.15, 0.2) is 16.8 Å². The summed E-state index contributed by atoms with van der Waals surface area (Å²) in [6.45, 7) is 2.38. The van der Waals surface area contributed by atoms with Crippen LogP contribution in [-0.4, -0.2) is 62.8 Å². The molecule has 1 aliphatic carbocycles. The van der Waals surface area contributed by atoms with Crippen molar-refractivity contribution >= 4 is 11.8 Å². The fraction of sp³-hybridized carbons (Fsp3) is 0.733. The molecule has 2 N–H and O–H groups in total. The second-order valence-electron chi connectivity index (χ2n) is 5.85. The topological polar surface area (TPSA) is 77.2 Å². The van der Waals surface area contributed by atoms with Gasteiger partial charge in [0.1, 0.15) is 5.70 Å². The standard InChI is InChI=1S/C15H22F3N3O3/c1-20-13(8-12(19)15(16,17)18)24-9-10-2-3-11(10)14(22)21-4-6-23-7-5-21/h8,10-11H,2-7,9,19H2,1H3/t10-,11-/m0/s1. The van der Waals surface area contributed by atoms with Gasteiger partial charge in [0.25, 0.3) is 0 Å². The number of hydrogen-bond donors (Lipinski definition) is 1. The molecule has 0 aromatic carbocycles. The van der Waals surface area contributed by atoms with E-state index in [0.717, 1.165) is 12.8 Å². The van der Waals surface area contributed by atoms with Gasteiger partial charge in [0.05, 0.1) is 19.8 Å². The van der Waals surface area contributed by atoms with E-state index in [4.69, 9.17) is 15.2 Å². The highest BCUT2D eigenvalue weighted by Gasteiger charge is 2.39. The summed E-state index contributed by atoms with van der Waals surface area (Å²) in [7, 11) is 1.33. The van der Waals surface area contributed by atoms with Crippen LogP contribution in [0.4, 0.5) is 13.2 Å². The number of halogens is 3. The zero-order chi connectivity index (χ0) is 17.7. The minimum atomic E-state index is -4.62. The van der Waals surface area contributed by atoms with Gasteiger partial charge in [-0.25, -0.2) is 0 Å². The average molecular weight is 349 g/mol. The first-order chi connectivity index (χ1) is 11.3. The fourth-order valence-electron chi connectivity index (χ4n) is 2.69. The number of amides is 1. The quantitative estimate of drug-likeness (QED) is 0.613. The summed E-state index contributed by atoms with van der Waals surface area (Å²) in [4.78, 5) is 17.9. The Morgan fingerprint density at radius 2 is 2.04 bits per heavy atom. The highest BCUT2D eigenvalue weighted by atomic mass is 19.4. The minimum Gasteiger partial charge on any atom is -0.478 e. The summed E-state index contributed by atoms with van der Waals surface area (Å²) >= 11 is 0. The molecule has 1 saturated carbocycles. The fourth-order valence-corrected chi connectivity index (χ4v) is 2.69. The number of aliphatic imine (C=N–C) groups is 1. The normalized spacial score (nSPS) is 26.1. The Balaban J connectivity index is 1.86. The third-order valence-corrected chi connectivity index (χ3v) is 4.33. The van der Waals surface area contributed by atoms with Gasteiger partial charge in [-0.3, -0.25) is 9.79 Å². The van der Waals surface area contributed by atoms with E-state index in [1.54, 1.807) is 4.90 Å². The smallest absolute Gasteiger partial charge is 0.430 e. The van der Waals surface area contributed by atoms with Crippen molar-refractivity contribution in [3.63, 3.8) is 0 Å². The summed E-state index contributed by atoms with van der Waals surface area (Å²) in [6, 6.07) is 0.